The summed E-state index contributed by atoms with van der Waals surface area (Å²) in [7, 11) is 0. The minimum atomic E-state index is 0.922. The van der Waals surface area contributed by atoms with Gasteiger partial charge in [-0.25, -0.2) is 0 Å². The van der Waals surface area contributed by atoms with Crippen molar-refractivity contribution in [1.82, 2.24) is 14.8 Å². The van der Waals surface area contributed by atoms with Gasteiger partial charge in [0.1, 0.15) is 0 Å². The summed E-state index contributed by atoms with van der Waals surface area (Å²) in [6.45, 7) is 11.2. The zero-order chi connectivity index (χ0) is 21.0. The molecule has 2 aromatic carbocycles. The van der Waals surface area contributed by atoms with Crippen molar-refractivity contribution >= 4 is 10.9 Å². The van der Waals surface area contributed by atoms with Crippen LogP contribution in [0.15, 0.2) is 60.8 Å². The van der Waals surface area contributed by atoms with E-state index in [2.05, 4.69) is 89.4 Å². The fourth-order valence-corrected chi connectivity index (χ4v) is 4.12. The first kappa shape index (κ1) is 22.6. The van der Waals surface area contributed by atoms with Crippen LogP contribution in [0.2, 0.25) is 0 Å². The monoisotopic (exact) mass is 405 g/mol. The first-order chi connectivity index (χ1) is 14.8. The Kier molecular flexibility index (Phi) is 9.46. The Morgan fingerprint density at radius 3 is 2.20 bits per heavy atom. The molecule has 3 nitrogen and oxygen atoms in total. The van der Waals surface area contributed by atoms with Crippen molar-refractivity contribution in [3.63, 3.8) is 0 Å². The molecular weight excluding hydrogens is 366 g/mol. The standard InChI is InChI=1S/C27H39N3/c1-3-5-18-29(19-6-4-2)20-12-17-28-21-25-23-30(22-24-13-8-7-9-14-24)27-16-11-10-15-26(25)27/h7-11,13-16,23,28H,3-6,12,17-22H2,1-2H3. The summed E-state index contributed by atoms with van der Waals surface area (Å²) in [6.07, 6.45) is 8.76. The molecule has 3 aromatic rings. The van der Waals surface area contributed by atoms with Crippen molar-refractivity contribution in [2.24, 2.45) is 0 Å². The predicted molar refractivity (Wildman–Crippen MR) is 130 cm³/mol. The van der Waals surface area contributed by atoms with E-state index in [1.165, 1.54) is 73.8 Å². The van der Waals surface area contributed by atoms with Gasteiger partial charge < -0.3 is 14.8 Å². The van der Waals surface area contributed by atoms with E-state index in [-0.39, 0.29) is 0 Å². The van der Waals surface area contributed by atoms with Crippen LogP contribution in [0.4, 0.5) is 0 Å². The highest BCUT2D eigenvalue weighted by Gasteiger charge is 2.09. The molecule has 1 heterocycles. The van der Waals surface area contributed by atoms with Gasteiger partial charge in [0.25, 0.3) is 0 Å². The van der Waals surface area contributed by atoms with Gasteiger partial charge in [-0.2, -0.15) is 0 Å². The van der Waals surface area contributed by atoms with Crippen LogP contribution >= 0.6 is 0 Å². The van der Waals surface area contributed by atoms with E-state index >= 15 is 0 Å². The molecule has 0 radical (unpaired) electrons. The van der Waals surface area contributed by atoms with Gasteiger partial charge in [0.05, 0.1) is 0 Å². The average Bonchev–Trinajstić information content (AvgIpc) is 3.13. The van der Waals surface area contributed by atoms with Crippen molar-refractivity contribution in [3.05, 3.63) is 71.9 Å². The number of aromatic nitrogens is 1. The molecule has 0 spiro atoms. The van der Waals surface area contributed by atoms with Gasteiger partial charge in [-0.3, -0.25) is 0 Å². The van der Waals surface area contributed by atoms with Gasteiger partial charge in [-0.05, 0) is 62.6 Å². The molecule has 0 bridgehead atoms. The molecule has 0 fully saturated rings. The van der Waals surface area contributed by atoms with Crippen LogP contribution in [-0.2, 0) is 13.1 Å². The van der Waals surface area contributed by atoms with E-state index in [1.54, 1.807) is 0 Å². The lowest BCUT2D eigenvalue weighted by atomic mass is 10.2. The molecular formula is C27H39N3. The zero-order valence-corrected chi connectivity index (χ0v) is 18.9. The molecule has 0 aliphatic heterocycles. The third kappa shape index (κ3) is 6.72. The maximum absolute atomic E-state index is 3.70. The van der Waals surface area contributed by atoms with Crippen molar-refractivity contribution < 1.29 is 0 Å². The Labute approximate surface area is 183 Å². The molecule has 0 unspecified atom stereocenters. The molecule has 1 aromatic heterocycles. The Balaban J connectivity index is 1.53. The van der Waals surface area contributed by atoms with E-state index in [0.717, 1.165) is 19.6 Å². The van der Waals surface area contributed by atoms with Gasteiger partial charge in [-0.15, -0.1) is 0 Å². The number of fused-ring (bicyclic) bond motifs is 1. The lowest BCUT2D eigenvalue weighted by Crippen LogP contribution is -2.29. The fourth-order valence-electron chi connectivity index (χ4n) is 4.12. The van der Waals surface area contributed by atoms with Crippen molar-refractivity contribution in [2.45, 2.75) is 59.0 Å². The molecule has 162 valence electrons. The average molecular weight is 406 g/mol. The molecule has 0 amide bonds. The number of hydrogen-bond donors (Lipinski definition) is 1. The molecule has 30 heavy (non-hydrogen) atoms. The predicted octanol–water partition coefficient (Wildman–Crippen LogP) is 6.07. The second-order valence-electron chi connectivity index (χ2n) is 8.36. The maximum atomic E-state index is 3.70. The summed E-state index contributed by atoms with van der Waals surface area (Å²) in [5, 5.41) is 5.07. The Bertz CT molecular complexity index is 845. The van der Waals surface area contributed by atoms with E-state index in [1.807, 2.05) is 0 Å². The molecule has 0 saturated carbocycles. The van der Waals surface area contributed by atoms with Crippen LogP contribution in [0.5, 0.6) is 0 Å². The second-order valence-corrected chi connectivity index (χ2v) is 8.36. The molecule has 0 aliphatic rings. The minimum absolute atomic E-state index is 0.922. The Hall–Kier alpha value is -2.10. The number of nitrogens with one attached hydrogen (secondary N) is 1. The van der Waals surface area contributed by atoms with E-state index < -0.39 is 0 Å². The molecule has 0 aliphatic carbocycles. The summed E-state index contributed by atoms with van der Waals surface area (Å²) in [5.41, 5.74) is 4.07. The number of unbranched alkanes of at least 4 members (excludes halogenated alkanes) is 2. The number of para-hydroxylation sites is 1. The topological polar surface area (TPSA) is 20.2 Å². The van der Waals surface area contributed by atoms with Crippen molar-refractivity contribution in [1.29, 1.82) is 0 Å². The summed E-state index contributed by atoms with van der Waals surface area (Å²) in [6, 6.07) is 19.5. The van der Waals surface area contributed by atoms with Crippen LogP contribution in [-0.4, -0.2) is 35.6 Å². The van der Waals surface area contributed by atoms with Crippen LogP contribution in [0.25, 0.3) is 10.9 Å². The lowest BCUT2D eigenvalue weighted by molar-refractivity contribution is 0.261. The van der Waals surface area contributed by atoms with Crippen molar-refractivity contribution in [3.8, 4) is 0 Å². The molecule has 1 N–H and O–H groups in total. The van der Waals surface area contributed by atoms with Crippen LogP contribution < -0.4 is 5.32 Å². The van der Waals surface area contributed by atoms with Crippen LogP contribution in [0, 0.1) is 0 Å². The highest BCUT2D eigenvalue weighted by molar-refractivity contribution is 5.84. The molecule has 0 saturated heterocycles. The Morgan fingerprint density at radius 1 is 0.800 bits per heavy atom. The second kappa shape index (κ2) is 12.6. The fraction of sp³-hybridized carbons (Fsp3) is 0.481. The molecule has 3 heteroatoms. The summed E-state index contributed by atoms with van der Waals surface area (Å²) < 4.78 is 2.39. The summed E-state index contributed by atoms with van der Waals surface area (Å²) in [4.78, 5) is 2.65. The third-order valence-corrected chi connectivity index (χ3v) is 5.87. The smallest absolute Gasteiger partial charge is 0.0486 e. The SMILES string of the molecule is CCCCN(CCCC)CCCNCc1cn(Cc2ccccc2)c2ccccc12. The van der Waals surface area contributed by atoms with Gasteiger partial charge in [0.15, 0.2) is 0 Å². The van der Waals surface area contributed by atoms with Crippen LogP contribution in [0.3, 0.4) is 0 Å². The summed E-state index contributed by atoms with van der Waals surface area (Å²) in [5.74, 6) is 0. The largest absolute Gasteiger partial charge is 0.343 e. The molecule has 3 rings (SSSR count). The van der Waals surface area contributed by atoms with Gasteiger partial charge in [-0.1, -0.05) is 75.2 Å². The lowest BCUT2D eigenvalue weighted by Gasteiger charge is -2.21. The quantitative estimate of drug-likeness (QED) is 0.328. The maximum Gasteiger partial charge on any atom is 0.0486 e. The zero-order valence-electron chi connectivity index (χ0n) is 18.9. The summed E-state index contributed by atoms with van der Waals surface area (Å²) >= 11 is 0. The highest BCUT2D eigenvalue weighted by atomic mass is 15.1. The first-order valence-corrected chi connectivity index (χ1v) is 11.9. The number of nitrogens with zero attached hydrogens (tertiary/aromatic N) is 2. The highest BCUT2D eigenvalue weighted by Crippen LogP contribution is 2.22. The van der Waals surface area contributed by atoms with E-state index in [4.69, 9.17) is 0 Å². The number of rotatable bonds is 14. The van der Waals surface area contributed by atoms with Gasteiger partial charge in [0, 0.05) is 30.2 Å². The third-order valence-electron chi connectivity index (χ3n) is 5.87. The van der Waals surface area contributed by atoms with E-state index in [9.17, 15) is 0 Å². The van der Waals surface area contributed by atoms with Gasteiger partial charge >= 0.3 is 0 Å². The normalized spacial score (nSPS) is 11.6. The number of hydrogen-bond acceptors (Lipinski definition) is 2. The number of benzene rings is 2. The first-order valence-electron chi connectivity index (χ1n) is 11.9. The molecule has 0 atom stereocenters. The van der Waals surface area contributed by atoms with E-state index in [0.29, 0.717) is 0 Å². The van der Waals surface area contributed by atoms with Crippen LogP contribution in [0.1, 0.15) is 57.1 Å². The Morgan fingerprint density at radius 2 is 1.47 bits per heavy atom. The van der Waals surface area contributed by atoms with Gasteiger partial charge in [0.2, 0.25) is 0 Å². The van der Waals surface area contributed by atoms with Crippen molar-refractivity contribution in [2.75, 3.05) is 26.2 Å². The minimum Gasteiger partial charge on any atom is -0.343 e.